The fraction of sp³-hybridized carbons (Fsp3) is 0.0625. The van der Waals surface area contributed by atoms with E-state index < -0.39 is 0 Å². The Morgan fingerprint density at radius 3 is 2.62 bits per heavy atom. The summed E-state index contributed by atoms with van der Waals surface area (Å²) in [5, 5.41) is 9.25. The molecule has 4 nitrogen and oxygen atoms in total. The lowest BCUT2D eigenvalue weighted by molar-refractivity contribution is 1.21. The minimum atomic E-state index is -0.368. The van der Waals surface area contributed by atoms with Crippen LogP contribution in [0.15, 0.2) is 47.5 Å². The maximum Gasteiger partial charge on any atom is 0.267 e. The van der Waals surface area contributed by atoms with E-state index in [1.54, 1.807) is 23.7 Å². The SMILES string of the molecule is Cc1ccc(-c2cc(-c3ccncc3)[nH]c(=O)c2C#N)s1. The van der Waals surface area contributed by atoms with Crippen LogP contribution >= 0.6 is 11.3 Å². The van der Waals surface area contributed by atoms with Gasteiger partial charge in [0.05, 0.1) is 0 Å². The number of pyridine rings is 2. The number of hydrogen-bond donors (Lipinski definition) is 1. The third-order valence-corrected chi connectivity index (χ3v) is 4.18. The Balaban J connectivity index is 2.26. The highest BCUT2D eigenvalue weighted by atomic mass is 32.1. The number of rotatable bonds is 2. The molecule has 3 rings (SSSR count). The van der Waals surface area contributed by atoms with E-state index in [9.17, 15) is 10.1 Å². The zero-order chi connectivity index (χ0) is 14.8. The molecule has 0 aromatic carbocycles. The van der Waals surface area contributed by atoms with Gasteiger partial charge in [-0.05, 0) is 37.3 Å². The molecule has 0 radical (unpaired) electrons. The van der Waals surface area contributed by atoms with Crippen LogP contribution in [0.5, 0.6) is 0 Å². The van der Waals surface area contributed by atoms with Crippen LogP contribution in [0.3, 0.4) is 0 Å². The first kappa shape index (κ1) is 13.3. The molecule has 0 aliphatic heterocycles. The molecule has 0 fully saturated rings. The van der Waals surface area contributed by atoms with Crippen LogP contribution in [0.25, 0.3) is 21.7 Å². The Labute approximate surface area is 125 Å². The summed E-state index contributed by atoms with van der Waals surface area (Å²) in [5.41, 5.74) is 2.00. The van der Waals surface area contributed by atoms with Gasteiger partial charge in [-0.2, -0.15) is 5.26 Å². The summed E-state index contributed by atoms with van der Waals surface area (Å²) in [6, 6.07) is 11.4. The van der Waals surface area contributed by atoms with Gasteiger partial charge >= 0.3 is 0 Å². The summed E-state index contributed by atoms with van der Waals surface area (Å²) >= 11 is 1.57. The average molecular weight is 293 g/mol. The first-order valence-electron chi connectivity index (χ1n) is 6.33. The van der Waals surface area contributed by atoms with E-state index in [0.717, 1.165) is 15.3 Å². The molecule has 0 saturated carbocycles. The van der Waals surface area contributed by atoms with Gasteiger partial charge in [-0.3, -0.25) is 9.78 Å². The highest BCUT2D eigenvalue weighted by molar-refractivity contribution is 7.15. The van der Waals surface area contributed by atoms with Crippen molar-refractivity contribution in [3.05, 3.63) is 63.5 Å². The number of hydrogen-bond acceptors (Lipinski definition) is 4. The highest BCUT2D eigenvalue weighted by Crippen LogP contribution is 2.31. The van der Waals surface area contributed by atoms with Gasteiger partial charge in [0, 0.05) is 39.0 Å². The molecule has 0 aliphatic rings. The van der Waals surface area contributed by atoms with Crippen molar-refractivity contribution in [2.24, 2.45) is 0 Å². The zero-order valence-electron chi connectivity index (χ0n) is 11.3. The van der Waals surface area contributed by atoms with E-state index in [1.807, 2.05) is 43.3 Å². The van der Waals surface area contributed by atoms with Crippen molar-refractivity contribution in [2.75, 3.05) is 0 Å². The Kier molecular flexibility index (Phi) is 3.38. The molecule has 102 valence electrons. The second kappa shape index (κ2) is 5.35. The molecular formula is C16H11N3OS. The Morgan fingerprint density at radius 1 is 1.24 bits per heavy atom. The lowest BCUT2D eigenvalue weighted by Crippen LogP contribution is -2.12. The first-order chi connectivity index (χ1) is 10.2. The van der Waals surface area contributed by atoms with E-state index >= 15 is 0 Å². The van der Waals surface area contributed by atoms with E-state index in [-0.39, 0.29) is 11.1 Å². The number of H-pyrrole nitrogens is 1. The molecule has 21 heavy (non-hydrogen) atoms. The fourth-order valence-corrected chi connectivity index (χ4v) is 3.02. The van der Waals surface area contributed by atoms with Gasteiger partial charge in [-0.1, -0.05) is 0 Å². The summed E-state index contributed by atoms with van der Waals surface area (Å²) in [7, 11) is 0. The maximum absolute atomic E-state index is 12.2. The molecule has 3 heterocycles. The van der Waals surface area contributed by atoms with Crippen LogP contribution in [-0.4, -0.2) is 9.97 Å². The van der Waals surface area contributed by atoms with Gasteiger partial charge < -0.3 is 4.98 Å². The predicted molar refractivity (Wildman–Crippen MR) is 83.1 cm³/mol. The topological polar surface area (TPSA) is 69.5 Å². The van der Waals surface area contributed by atoms with Gasteiger partial charge in [-0.15, -0.1) is 11.3 Å². The van der Waals surface area contributed by atoms with Crippen LogP contribution in [0.2, 0.25) is 0 Å². The minimum absolute atomic E-state index is 0.148. The quantitative estimate of drug-likeness (QED) is 0.787. The molecule has 3 aromatic heterocycles. The summed E-state index contributed by atoms with van der Waals surface area (Å²) in [6.45, 7) is 2.00. The number of thiophene rings is 1. The van der Waals surface area contributed by atoms with Gasteiger partial charge in [0.1, 0.15) is 11.6 Å². The molecule has 0 bridgehead atoms. The molecule has 0 unspecified atom stereocenters. The van der Waals surface area contributed by atoms with E-state index in [4.69, 9.17) is 0 Å². The van der Waals surface area contributed by atoms with Crippen molar-refractivity contribution in [3.8, 4) is 27.8 Å². The molecule has 0 atom stereocenters. The van der Waals surface area contributed by atoms with Gasteiger partial charge in [0.25, 0.3) is 5.56 Å². The molecule has 5 heteroatoms. The van der Waals surface area contributed by atoms with Gasteiger partial charge in [0.15, 0.2) is 0 Å². The summed E-state index contributed by atoms with van der Waals surface area (Å²) < 4.78 is 0. The van der Waals surface area contributed by atoms with E-state index in [2.05, 4.69) is 9.97 Å². The number of aromatic nitrogens is 2. The molecule has 1 N–H and O–H groups in total. The lowest BCUT2D eigenvalue weighted by atomic mass is 10.1. The molecule has 0 saturated heterocycles. The monoisotopic (exact) mass is 293 g/mol. The van der Waals surface area contributed by atoms with Crippen molar-refractivity contribution < 1.29 is 0 Å². The zero-order valence-corrected chi connectivity index (χ0v) is 12.1. The van der Waals surface area contributed by atoms with Crippen LogP contribution < -0.4 is 5.56 Å². The van der Waals surface area contributed by atoms with Crippen molar-refractivity contribution in [1.82, 2.24) is 9.97 Å². The fourth-order valence-electron chi connectivity index (χ4n) is 2.13. The first-order valence-corrected chi connectivity index (χ1v) is 7.15. The number of nitriles is 1. The normalized spacial score (nSPS) is 10.3. The minimum Gasteiger partial charge on any atom is -0.321 e. The van der Waals surface area contributed by atoms with Crippen molar-refractivity contribution in [3.63, 3.8) is 0 Å². The maximum atomic E-state index is 12.2. The van der Waals surface area contributed by atoms with Gasteiger partial charge in [0.2, 0.25) is 0 Å². The van der Waals surface area contributed by atoms with Crippen LogP contribution in [0.4, 0.5) is 0 Å². The van der Waals surface area contributed by atoms with E-state index in [1.165, 1.54) is 0 Å². The Morgan fingerprint density at radius 2 is 2.00 bits per heavy atom. The predicted octanol–water partition coefficient (Wildman–Crippen LogP) is 3.35. The second-order valence-electron chi connectivity index (χ2n) is 4.56. The van der Waals surface area contributed by atoms with Crippen LogP contribution in [-0.2, 0) is 0 Å². The van der Waals surface area contributed by atoms with Crippen molar-refractivity contribution >= 4 is 11.3 Å². The number of aryl methyl sites for hydroxylation is 1. The summed E-state index contributed by atoms with van der Waals surface area (Å²) in [4.78, 5) is 20.9. The third-order valence-electron chi connectivity index (χ3n) is 3.14. The third kappa shape index (κ3) is 2.49. The van der Waals surface area contributed by atoms with Crippen LogP contribution in [0, 0.1) is 18.3 Å². The van der Waals surface area contributed by atoms with Crippen molar-refractivity contribution in [1.29, 1.82) is 5.26 Å². The van der Waals surface area contributed by atoms with E-state index in [0.29, 0.717) is 11.3 Å². The van der Waals surface area contributed by atoms with Crippen molar-refractivity contribution in [2.45, 2.75) is 6.92 Å². The molecule has 0 amide bonds. The lowest BCUT2D eigenvalue weighted by Gasteiger charge is -2.06. The number of aromatic amines is 1. The molecule has 0 aliphatic carbocycles. The average Bonchev–Trinajstić information content (AvgIpc) is 2.94. The number of nitrogens with one attached hydrogen (secondary N) is 1. The van der Waals surface area contributed by atoms with Gasteiger partial charge in [-0.25, -0.2) is 0 Å². The Bertz CT molecular complexity index is 888. The largest absolute Gasteiger partial charge is 0.321 e. The molecular weight excluding hydrogens is 282 g/mol. The molecule has 3 aromatic rings. The van der Waals surface area contributed by atoms with Crippen LogP contribution in [0.1, 0.15) is 10.4 Å². The Hall–Kier alpha value is -2.71. The summed E-state index contributed by atoms with van der Waals surface area (Å²) in [5.74, 6) is 0. The standard InChI is InChI=1S/C16H11N3OS/c1-10-2-3-15(21-10)12-8-14(11-4-6-18-7-5-11)19-16(20)13(12)9-17/h2-8H,1H3,(H,19,20). The number of nitrogens with zero attached hydrogens (tertiary/aromatic N) is 2. The second-order valence-corrected chi connectivity index (χ2v) is 5.85. The highest BCUT2D eigenvalue weighted by Gasteiger charge is 2.13. The smallest absolute Gasteiger partial charge is 0.267 e. The summed E-state index contributed by atoms with van der Waals surface area (Å²) in [6.07, 6.45) is 3.33. The molecule has 0 spiro atoms.